The first-order valence-electron chi connectivity index (χ1n) is 7.50. The molecule has 0 spiro atoms. The van der Waals surface area contributed by atoms with Crippen molar-refractivity contribution in [1.82, 2.24) is 4.90 Å². The Labute approximate surface area is 127 Å². The summed E-state index contributed by atoms with van der Waals surface area (Å²) in [5.41, 5.74) is 7.22. The Balaban J connectivity index is 2.07. The van der Waals surface area contributed by atoms with Crippen molar-refractivity contribution >= 4 is 11.6 Å². The smallest absolute Gasteiger partial charge is 0.142 e. The lowest BCUT2D eigenvalue weighted by Gasteiger charge is -2.34. The quantitative estimate of drug-likeness (QED) is 0.906. The van der Waals surface area contributed by atoms with Crippen molar-refractivity contribution in [2.24, 2.45) is 11.7 Å². The summed E-state index contributed by atoms with van der Waals surface area (Å²) in [5.74, 6) is 1.43. The lowest BCUT2D eigenvalue weighted by Crippen LogP contribution is -2.41. The first-order valence-corrected chi connectivity index (χ1v) is 7.87. The summed E-state index contributed by atoms with van der Waals surface area (Å²) in [6.07, 6.45) is 2.46. The van der Waals surface area contributed by atoms with Crippen molar-refractivity contribution in [1.29, 1.82) is 0 Å². The standard InChI is InChI=1S/C16H25ClN2O/c1-3-20-16-14(6-4-8-15(16)17)11-19-9-5-7-13(10-19)12(2)18/h4,6,8,12-13H,3,5,7,9-11,18H2,1-2H3. The number of para-hydroxylation sites is 1. The molecule has 1 aliphatic heterocycles. The zero-order valence-corrected chi connectivity index (χ0v) is 13.2. The second-order valence-corrected chi connectivity index (χ2v) is 6.06. The van der Waals surface area contributed by atoms with Gasteiger partial charge in [-0.3, -0.25) is 4.90 Å². The molecule has 2 unspecified atom stereocenters. The van der Waals surface area contributed by atoms with Crippen LogP contribution in [0.5, 0.6) is 5.75 Å². The topological polar surface area (TPSA) is 38.5 Å². The molecule has 1 saturated heterocycles. The van der Waals surface area contributed by atoms with E-state index in [4.69, 9.17) is 22.1 Å². The van der Waals surface area contributed by atoms with Gasteiger partial charge in [-0.2, -0.15) is 0 Å². The number of nitrogens with zero attached hydrogens (tertiary/aromatic N) is 1. The second-order valence-electron chi connectivity index (χ2n) is 5.66. The van der Waals surface area contributed by atoms with Gasteiger partial charge in [-0.1, -0.05) is 23.7 Å². The van der Waals surface area contributed by atoms with E-state index in [1.165, 1.54) is 18.4 Å². The van der Waals surface area contributed by atoms with Gasteiger partial charge in [-0.15, -0.1) is 0 Å². The maximum absolute atomic E-state index is 6.24. The number of likely N-dealkylation sites (tertiary alicyclic amines) is 1. The molecule has 2 atom stereocenters. The highest BCUT2D eigenvalue weighted by molar-refractivity contribution is 6.32. The number of piperidine rings is 1. The third-order valence-corrected chi connectivity index (χ3v) is 4.31. The highest BCUT2D eigenvalue weighted by Gasteiger charge is 2.23. The van der Waals surface area contributed by atoms with Crippen molar-refractivity contribution in [3.05, 3.63) is 28.8 Å². The van der Waals surface area contributed by atoms with E-state index < -0.39 is 0 Å². The summed E-state index contributed by atoms with van der Waals surface area (Å²) in [4.78, 5) is 2.46. The number of hydrogen-bond donors (Lipinski definition) is 1. The molecule has 20 heavy (non-hydrogen) atoms. The number of benzene rings is 1. The van der Waals surface area contributed by atoms with Gasteiger partial charge in [-0.25, -0.2) is 0 Å². The van der Waals surface area contributed by atoms with E-state index >= 15 is 0 Å². The zero-order valence-electron chi connectivity index (χ0n) is 12.4. The van der Waals surface area contributed by atoms with Crippen LogP contribution < -0.4 is 10.5 Å². The first-order chi connectivity index (χ1) is 9.61. The normalized spacial score (nSPS) is 21.7. The van der Waals surface area contributed by atoms with Gasteiger partial charge in [0.15, 0.2) is 0 Å². The minimum atomic E-state index is 0.267. The highest BCUT2D eigenvalue weighted by atomic mass is 35.5. The van der Waals surface area contributed by atoms with Gasteiger partial charge in [0.1, 0.15) is 5.75 Å². The van der Waals surface area contributed by atoms with Crippen LogP contribution in [0.3, 0.4) is 0 Å². The molecule has 1 fully saturated rings. The monoisotopic (exact) mass is 296 g/mol. The Morgan fingerprint density at radius 3 is 3.00 bits per heavy atom. The summed E-state index contributed by atoms with van der Waals surface area (Å²) in [5, 5.41) is 0.699. The zero-order chi connectivity index (χ0) is 14.5. The Morgan fingerprint density at radius 2 is 2.30 bits per heavy atom. The van der Waals surface area contributed by atoms with Gasteiger partial charge >= 0.3 is 0 Å². The van der Waals surface area contributed by atoms with Gasteiger partial charge in [0, 0.05) is 24.7 Å². The molecule has 0 aromatic heterocycles. The predicted octanol–water partition coefficient (Wildman–Crippen LogP) is 3.30. The Bertz CT molecular complexity index is 436. The van der Waals surface area contributed by atoms with E-state index in [1.807, 2.05) is 19.1 Å². The minimum Gasteiger partial charge on any atom is -0.492 e. The second kappa shape index (κ2) is 7.30. The fourth-order valence-corrected chi connectivity index (χ4v) is 3.14. The molecule has 0 amide bonds. The van der Waals surface area contributed by atoms with E-state index in [2.05, 4.69) is 17.9 Å². The fraction of sp³-hybridized carbons (Fsp3) is 0.625. The van der Waals surface area contributed by atoms with Crippen molar-refractivity contribution in [2.75, 3.05) is 19.7 Å². The largest absolute Gasteiger partial charge is 0.492 e. The fourth-order valence-electron chi connectivity index (χ4n) is 2.89. The summed E-state index contributed by atoms with van der Waals surface area (Å²) < 4.78 is 5.70. The number of rotatable bonds is 5. The van der Waals surface area contributed by atoms with Crippen LogP contribution in [0.4, 0.5) is 0 Å². The molecule has 0 saturated carbocycles. The van der Waals surface area contributed by atoms with Crippen LogP contribution in [-0.4, -0.2) is 30.6 Å². The number of ether oxygens (including phenoxy) is 1. The number of nitrogens with two attached hydrogens (primary N) is 1. The molecule has 0 radical (unpaired) electrons. The third-order valence-electron chi connectivity index (χ3n) is 4.02. The SMILES string of the molecule is CCOc1c(Cl)cccc1CN1CCCC(C(C)N)C1. The maximum Gasteiger partial charge on any atom is 0.142 e. The van der Waals surface area contributed by atoms with Crippen molar-refractivity contribution < 1.29 is 4.74 Å². The summed E-state index contributed by atoms with van der Waals surface area (Å²) in [6, 6.07) is 6.25. The maximum atomic E-state index is 6.24. The van der Waals surface area contributed by atoms with Crippen LogP contribution in [0, 0.1) is 5.92 Å². The van der Waals surface area contributed by atoms with Crippen LogP contribution in [0.2, 0.25) is 5.02 Å². The molecule has 1 aromatic rings. The molecule has 2 rings (SSSR count). The van der Waals surface area contributed by atoms with E-state index in [0.29, 0.717) is 17.5 Å². The molecule has 3 nitrogen and oxygen atoms in total. The van der Waals surface area contributed by atoms with Crippen molar-refractivity contribution in [3.63, 3.8) is 0 Å². The van der Waals surface area contributed by atoms with Gasteiger partial charge in [0.05, 0.1) is 11.6 Å². The molecule has 4 heteroatoms. The van der Waals surface area contributed by atoms with Crippen LogP contribution in [0.15, 0.2) is 18.2 Å². The van der Waals surface area contributed by atoms with Gasteiger partial charge in [-0.05, 0) is 45.2 Å². The van der Waals surface area contributed by atoms with Gasteiger partial charge < -0.3 is 10.5 Å². The number of halogens is 1. The molecule has 1 aliphatic rings. The summed E-state index contributed by atoms with van der Waals surface area (Å²) in [6.45, 7) is 7.81. The molecule has 1 heterocycles. The van der Waals surface area contributed by atoms with Crippen molar-refractivity contribution in [2.45, 2.75) is 39.3 Å². The minimum absolute atomic E-state index is 0.267. The highest BCUT2D eigenvalue weighted by Crippen LogP contribution is 2.31. The molecule has 0 aliphatic carbocycles. The number of hydrogen-bond acceptors (Lipinski definition) is 3. The first kappa shape index (κ1) is 15.6. The molecular formula is C16H25ClN2O. The summed E-state index contributed by atoms with van der Waals surface area (Å²) >= 11 is 6.24. The van der Waals surface area contributed by atoms with Crippen molar-refractivity contribution in [3.8, 4) is 5.75 Å². The lowest BCUT2D eigenvalue weighted by molar-refractivity contribution is 0.152. The molecule has 2 N–H and O–H groups in total. The van der Waals surface area contributed by atoms with Crippen LogP contribution in [0.25, 0.3) is 0 Å². The Kier molecular flexibility index (Phi) is 5.70. The third kappa shape index (κ3) is 3.87. The molecule has 1 aromatic carbocycles. The lowest BCUT2D eigenvalue weighted by atomic mass is 9.92. The van der Waals surface area contributed by atoms with E-state index in [-0.39, 0.29) is 6.04 Å². The van der Waals surface area contributed by atoms with Crippen LogP contribution >= 0.6 is 11.6 Å². The van der Waals surface area contributed by atoms with E-state index in [0.717, 1.165) is 25.4 Å². The van der Waals surface area contributed by atoms with E-state index in [9.17, 15) is 0 Å². The molecule has 0 bridgehead atoms. The van der Waals surface area contributed by atoms with Crippen LogP contribution in [0.1, 0.15) is 32.3 Å². The Morgan fingerprint density at radius 1 is 1.50 bits per heavy atom. The van der Waals surface area contributed by atoms with Gasteiger partial charge in [0.2, 0.25) is 0 Å². The molecular weight excluding hydrogens is 272 g/mol. The van der Waals surface area contributed by atoms with E-state index in [1.54, 1.807) is 0 Å². The van der Waals surface area contributed by atoms with Crippen LogP contribution in [-0.2, 0) is 6.54 Å². The van der Waals surface area contributed by atoms with Gasteiger partial charge in [0.25, 0.3) is 0 Å². The predicted molar refractivity (Wildman–Crippen MR) is 84.3 cm³/mol. The average molecular weight is 297 g/mol. The molecule has 112 valence electrons. The Hall–Kier alpha value is -0.770. The summed E-state index contributed by atoms with van der Waals surface area (Å²) in [7, 11) is 0. The average Bonchev–Trinajstić information content (AvgIpc) is 2.43.